The maximum atomic E-state index is 13.0. The van der Waals surface area contributed by atoms with Crippen molar-refractivity contribution in [3.05, 3.63) is 47.1 Å². The summed E-state index contributed by atoms with van der Waals surface area (Å²) >= 11 is 0. The molecule has 1 aromatic carbocycles. The third kappa shape index (κ3) is 3.26. The minimum atomic E-state index is -4.11. The van der Waals surface area contributed by atoms with Crippen molar-refractivity contribution in [2.75, 3.05) is 0 Å². The number of benzene rings is 1. The molecule has 0 spiro atoms. The van der Waals surface area contributed by atoms with Crippen molar-refractivity contribution >= 4 is 15.9 Å². The van der Waals surface area contributed by atoms with Gasteiger partial charge in [-0.3, -0.25) is 4.79 Å². The Morgan fingerprint density at radius 1 is 1.22 bits per heavy atom. The van der Waals surface area contributed by atoms with Gasteiger partial charge in [-0.15, -0.1) is 0 Å². The van der Waals surface area contributed by atoms with Crippen LogP contribution in [0.15, 0.2) is 33.7 Å². The first kappa shape index (κ1) is 17.1. The number of hydrogen-bond donors (Lipinski definition) is 1. The van der Waals surface area contributed by atoms with Crippen molar-refractivity contribution in [2.24, 2.45) is 0 Å². The summed E-state index contributed by atoms with van der Waals surface area (Å²) in [6.07, 6.45) is 0. The standard InChI is InChI=1S/C15H17FN2O4S/c1-9-13(10(2)22-17-9)23(20,21)18-14(19)15(3,4)11-5-7-12(16)8-6-11/h5-8H,1-4H3,(H,18,19). The molecule has 0 aliphatic carbocycles. The maximum absolute atomic E-state index is 13.0. The molecule has 1 amide bonds. The molecule has 1 heterocycles. The first-order chi connectivity index (χ1) is 10.6. The van der Waals surface area contributed by atoms with E-state index in [4.69, 9.17) is 4.52 Å². The van der Waals surface area contributed by atoms with E-state index in [0.29, 0.717) is 5.56 Å². The highest BCUT2D eigenvalue weighted by Crippen LogP contribution is 2.25. The zero-order chi connectivity index (χ0) is 17.4. The van der Waals surface area contributed by atoms with Gasteiger partial charge in [0.15, 0.2) is 10.7 Å². The lowest BCUT2D eigenvalue weighted by Crippen LogP contribution is -2.43. The molecule has 0 saturated carbocycles. The topological polar surface area (TPSA) is 89.3 Å². The average molecular weight is 340 g/mol. The second-order valence-electron chi connectivity index (χ2n) is 5.72. The van der Waals surface area contributed by atoms with Crippen molar-refractivity contribution in [3.63, 3.8) is 0 Å². The highest BCUT2D eigenvalue weighted by molar-refractivity contribution is 7.90. The van der Waals surface area contributed by atoms with Gasteiger partial charge in [0.25, 0.3) is 10.0 Å². The Balaban J connectivity index is 2.32. The van der Waals surface area contributed by atoms with E-state index in [9.17, 15) is 17.6 Å². The zero-order valence-corrected chi connectivity index (χ0v) is 14.0. The lowest BCUT2D eigenvalue weighted by molar-refractivity contribution is -0.123. The summed E-state index contributed by atoms with van der Waals surface area (Å²) in [5, 5.41) is 3.57. The fourth-order valence-corrected chi connectivity index (χ4v) is 3.60. The third-order valence-corrected chi connectivity index (χ3v) is 5.17. The molecule has 23 heavy (non-hydrogen) atoms. The lowest BCUT2D eigenvalue weighted by Gasteiger charge is -2.24. The van der Waals surface area contributed by atoms with Gasteiger partial charge in [0, 0.05) is 0 Å². The Morgan fingerprint density at radius 3 is 2.26 bits per heavy atom. The van der Waals surface area contributed by atoms with Crippen LogP contribution in [0.1, 0.15) is 30.9 Å². The van der Waals surface area contributed by atoms with Gasteiger partial charge in [-0.05, 0) is 45.4 Å². The van der Waals surface area contributed by atoms with Gasteiger partial charge in [-0.2, -0.15) is 0 Å². The number of amides is 1. The molecule has 124 valence electrons. The number of hydrogen-bond acceptors (Lipinski definition) is 5. The Labute approximate surface area is 133 Å². The fraction of sp³-hybridized carbons (Fsp3) is 0.333. The van der Waals surface area contributed by atoms with Crippen molar-refractivity contribution in [1.82, 2.24) is 9.88 Å². The molecule has 1 aromatic heterocycles. The molecule has 2 aromatic rings. The molecule has 8 heteroatoms. The summed E-state index contributed by atoms with van der Waals surface area (Å²) < 4.78 is 44.6. The number of nitrogens with one attached hydrogen (secondary N) is 1. The average Bonchev–Trinajstić information content (AvgIpc) is 2.78. The molecule has 0 aliphatic heterocycles. The molecule has 2 rings (SSSR count). The minimum Gasteiger partial charge on any atom is -0.360 e. The van der Waals surface area contributed by atoms with Crippen LogP contribution in [0.4, 0.5) is 4.39 Å². The van der Waals surface area contributed by atoms with Gasteiger partial charge in [0.2, 0.25) is 5.91 Å². The van der Waals surface area contributed by atoms with Crippen LogP contribution in [0, 0.1) is 19.7 Å². The van der Waals surface area contributed by atoms with E-state index in [1.54, 1.807) is 13.8 Å². The van der Waals surface area contributed by atoms with Gasteiger partial charge in [-0.25, -0.2) is 17.5 Å². The zero-order valence-electron chi connectivity index (χ0n) is 13.2. The van der Waals surface area contributed by atoms with Crippen molar-refractivity contribution in [1.29, 1.82) is 0 Å². The molecule has 1 N–H and O–H groups in total. The molecule has 0 unspecified atom stereocenters. The molecule has 0 aliphatic rings. The van der Waals surface area contributed by atoms with E-state index in [2.05, 4.69) is 5.16 Å². The Hall–Kier alpha value is -2.22. The number of aryl methyl sites for hydroxylation is 2. The predicted molar refractivity (Wildman–Crippen MR) is 80.7 cm³/mol. The van der Waals surface area contributed by atoms with Crippen LogP contribution < -0.4 is 4.72 Å². The SMILES string of the molecule is Cc1noc(C)c1S(=O)(=O)NC(=O)C(C)(C)c1ccc(F)cc1. The fourth-order valence-electron chi connectivity index (χ4n) is 2.16. The van der Waals surface area contributed by atoms with Gasteiger partial charge >= 0.3 is 0 Å². The molecule has 6 nitrogen and oxygen atoms in total. The Bertz CT molecular complexity index is 819. The van der Waals surface area contributed by atoms with Crippen LogP contribution in [0.2, 0.25) is 0 Å². The molecule has 0 bridgehead atoms. The quantitative estimate of drug-likeness (QED) is 0.922. The van der Waals surface area contributed by atoms with E-state index in [-0.39, 0.29) is 16.3 Å². The second kappa shape index (κ2) is 5.77. The van der Waals surface area contributed by atoms with Gasteiger partial charge in [-0.1, -0.05) is 17.3 Å². The van der Waals surface area contributed by atoms with Crippen LogP contribution in [0.3, 0.4) is 0 Å². The number of halogens is 1. The molecule has 0 atom stereocenters. The van der Waals surface area contributed by atoms with Crippen molar-refractivity contribution < 1.29 is 22.1 Å². The molecule has 0 radical (unpaired) electrons. The number of rotatable bonds is 4. The van der Waals surface area contributed by atoms with E-state index in [1.807, 2.05) is 4.72 Å². The van der Waals surface area contributed by atoms with Crippen molar-refractivity contribution in [2.45, 2.75) is 38.0 Å². The van der Waals surface area contributed by atoms with E-state index in [0.717, 1.165) is 0 Å². The lowest BCUT2D eigenvalue weighted by atomic mass is 9.84. The third-order valence-electron chi connectivity index (χ3n) is 3.60. The number of aromatic nitrogens is 1. The number of sulfonamides is 1. The van der Waals surface area contributed by atoms with E-state index in [1.165, 1.54) is 38.1 Å². The predicted octanol–water partition coefficient (Wildman–Crippen LogP) is 2.21. The highest BCUT2D eigenvalue weighted by Gasteiger charge is 2.35. The number of carbonyl (C=O) groups is 1. The minimum absolute atomic E-state index is 0.0994. The summed E-state index contributed by atoms with van der Waals surface area (Å²) in [5.41, 5.74) is -0.507. The van der Waals surface area contributed by atoms with Crippen LogP contribution in [0.25, 0.3) is 0 Å². The summed E-state index contributed by atoms with van der Waals surface area (Å²) in [6.45, 7) is 6.03. The van der Waals surface area contributed by atoms with Crippen LogP contribution in [0.5, 0.6) is 0 Å². The molecule has 0 saturated heterocycles. The van der Waals surface area contributed by atoms with Gasteiger partial charge in [0.1, 0.15) is 11.5 Å². The summed E-state index contributed by atoms with van der Waals surface area (Å²) in [7, 11) is -4.11. The Morgan fingerprint density at radius 2 is 1.78 bits per heavy atom. The van der Waals surface area contributed by atoms with Gasteiger partial charge in [0.05, 0.1) is 5.41 Å². The summed E-state index contributed by atoms with van der Waals surface area (Å²) in [4.78, 5) is 12.3. The normalized spacial score (nSPS) is 12.2. The Kier molecular flexibility index (Phi) is 4.30. The first-order valence-corrected chi connectivity index (χ1v) is 8.30. The van der Waals surface area contributed by atoms with Crippen LogP contribution in [-0.4, -0.2) is 19.5 Å². The molecular weight excluding hydrogens is 323 g/mol. The largest absolute Gasteiger partial charge is 0.360 e. The summed E-state index contributed by atoms with van der Waals surface area (Å²) in [6, 6.07) is 5.31. The smallest absolute Gasteiger partial charge is 0.269 e. The molecular formula is C15H17FN2O4S. The maximum Gasteiger partial charge on any atom is 0.269 e. The monoisotopic (exact) mass is 340 g/mol. The van der Waals surface area contributed by atoms with Crippen LogP contribution >= 0.6 is 0 Å². The van der Waals surface area contributed by atoms with E-state index >= 15 is 0 Å². The summed E-state index contributed by atoms with van der Waals surface area (Å²) in [5.74, 6) is -1.07. The highest BCUT2D eigenvalue weighted by atomic mass is 32.2. The number of nitrogens with zero attached hydrogens (tertiary/aromatic N) is 1. The first-order valence-electron chi connectivity index (χ1n) is 6.82. The van der Waals surface area contributed by atoms with Crippen molar-refractivity contribution in [3.8, 4) is 0 Å². The van der Waals surface area contributed by atoms with Gasteiger partial charge < -0.3 is 4.52 Å². The molecule has 0 fully saturated rings. The second-order valence-corrected chi connectivity index (χ2v) is 7.34. The van der Waals surface area contributed by atoms with E-state index < -0.39 is 27.2 Å². The number of carbonyl (C=O) groups excluding carboxylic acids is 1. The van der Waals surface area contributed by atoms with Crippen LogP contribution in [-0.2, 0) is 20.2 Å².